The van der Waals surface area contributed by atoms with E-state index in [4.69, 9.17) is 0 Å². The lowest BCUT2D eigenvalue weighted by molar-refractivity contribution is 0.0664. The average molecular weight is 444 g/mol. The second-order valence-corrected chi connectivity index (χ2v) is 8.58. The molecule has 1 aliphatic rings. The maximum absolute atomic E-state index is 13.3. The summed E-state index contributed by atoms with van der Waals surface area (Å²) in [5.41, 5.74) is 4.77. The fourth-order valence-electron chi connectivity index (χ4n) is 3.78. The predicted octanol–water partition coefficient (Wildman–Crippen LogP) is 3.08. The highest BCUT2D eigenvalue weighted by Crippen LogP contribution is 2.24. The molecule has 0 saturated carbocycles. The van der Waals surface area contributed by atoms with E-state index in [2.05, 4.69) is 27.2 Å². The smallest absolute Gasteiger partial charge is 0.253 e. The van der Waals surface area contributed by atoms with Crippen molar-refractivity contribution >= 4 is 11.8 Å². The van der Waals surface area contributed by atoms with Crippen molar-refractivity contribution in [1.29, 1.82) is 0 Å². The summed E-state index contributed by atoms with van der Waals surface area (Å²) < 4.78 is 0. The van der Waals surface area contributed by atoms with Crippen molar-refractivity contribution < 1.29 is 9.59 Å². The summed E-state index contributed by atoms with van der Waals surface area (Å²) in [6, 6.07) is 13.5. The van der Waals surface area contributed by atoms with Gasteiger partial charge in [-0.25, -0.2) is 9.97 Å². The van der Waals surface area contributed by atoms with E-state index in [9.17, 15) is 9.59 Å². The van der Waals surface area contributed by atoms with E-state index in [-0.39, 0.29) is 11.8 Å². The van der Waals surface area contributed by atoms with Crippen molar-refractivity contribution in [2.45, 2.75) is 20.4 Å². The van der Waals surface area contributed by atoms with Gasteiger partial charge in [0, 0.05) is 61.8 Å². The molecule has 170 valence electrons. The number of carbonyl (C=O) groups excluding carboxylic acids is 2. The quantitative estimate of drug-likeness (QED) is 0.656. The second-order valence-electron chi connectivity index (χ2n) is 8.58. The molecule has 2 amide bonds. The SMILES string of the molecule is Cc1ccc(-c2cc(C(=O)NCc3cnc(C)nc3)cc(C(=O)N3CCN(C)CC3)c2)cc1. The number of hydrogen-bond donors (Lipinski definition) is 1. The van der Waals surface area contributed by atoms with Gasteiger partial charge in [0.1, 0.15) is 5.82 Å². The monoisotopic (exact) mass is 443 g/mol. The van der Waals surface area contributed by atoms with E-state index < -0.39 is 0 Å². The molecule has 0 spiro atoms. The molecule has 3 aromatic rings. The second kappa shape index (κ2) is 9.92. The molecule has 2 aromatic carbocycles. The van der Waals surface area contributed by atoms with Crippen molar-refractivity contribution in [3.63, 3.8) is 0 Å². The molecule has 1 fully saturated rings. The summed E-state index contributed by atoms with van der Waals surface area (Å²) in [6.07, 6.45) is 3.40. The van der Waals surface area contributed by atoms with Gasteiger partial charge in [-0.2, -0.15) is 0 Å². The molecule has 0 atom stereocenters. The van der Waals surface area contributed by atoms with Crippen LogP contribution >= 0.6 is 0 Å². The van der Waals surface area contributed by atoms with Gasteiger partial charge in [0.15, 0.2) is 0 Å². The number of rotatable bonds is 5. The molecule has 2 heterocycles. The first-order chi connectivity index (χ1) is 15.9. The summed E-state index contributed by atoms with van der Waals surface area (Å²) in [4.78, 5) is 38.7. The Kier molecular flexibility index (Phi) is 6.79. The maximum Gasteiger partial charge on any atom is 0.253 e. The molecule has 1 saturated heterocycles. The van der Waals surface area contributed by atoms with Crippen LogP contribution in [-0.4, -0.2) is 64.8 Å². The molecule has 0 unspecified atom stereocenters. The lowest BCUT2D eigenvalue weighted by Gasteiger charge is -2.32. The van der Waals surface area contributed by atoms with Crippen LogP contribution in [0, 0.1) is 13.8 Å². The zero-order chi connectivity index (χ0) is 23.4. The van der Waals surface area contributed by atoms with Crippen molar-refractivity contribution in [2.75, 3.05) is 33.2 Å². The Morgan fingerprint density at radius 3 is 2.18 bits per heavy atom. The molecule has 0 aliphatic carbocycles. The van der Waals surface area contributed by atoms with Crippen LogP contribution in [-0.2, 0) is 6.54 Å². The zero-order valence-corrected chi connectivity index (χ0v) is 19.3. The first-order valence-corrected chi connectivity index (χ1v) is 11.1. The summed E-state index contributed by atoms with van der Waals surface area (Å²) in [6.45, 7) is 7.21. The van der Waals surface area contributed by atoms with Gasteiger partial charge in [0.25, 0.3) is 11.8 Å². The van der Waals surface area contributed by atoms with E-state index in [1.54, 1.807) is 18.5 Å². The number of hydrogen-bond acceptors (Lipinski definition) is 5. The minimum absolute atomic E-state index is 0.0435. The van der Waals surface area contributed by atoms with Crippen LogP contribution in [0.3, 0.4) is 0 Å². The number of nitrogens with zero attached hydrogens (tertiary/aromatic N) is 4. The molecule has 1 N–H and O–H groups in total. The molecule has 0 radical (unpaired) electrons. The van der Waals surface area contributed by atoms with E-state index in [1.165, 1.54) is 0 Å². The van der Waals surface area contributed by atoms with Gasteiger partial charge in [0.05, 0.1) is 0 Å². The van der Waals surface area contributed by atoms with Gasteiger partial charge >= 0.3 is 0 Å². The third-order valence-electron chi connectivity index (χ3n) is 5.91. The van der Waals surface area contributed by atoms with Crippen molar-refractivity contribution in [3.8, 4) is 11.1 Å². The molecule has 7 nitrogen and oxygen atoms in total. The highest BCUT2D eigenvalue weighted by molar-refractivity contribution is 6.01. The van der Waals surface area contributed by atoms with Gasteiger partial charge in [-0.05, 0) is 50.2 Å². The number of amides is 2. The fourth-order valence-corrected chi connectivity index (χ4v) is 3.78. The van der Waals surface area contributed by atoms with E-state index >= 15 is 0 Å². The van der Waals surface area contributed by atoms with Crippen molar-refractivity contribution in [1.82, 2.24) is 25.1 Å². The van der Waals surface area contributed by atoms with Crippen LogP contribution in [0.15, 0.2) is 54.9 Å². The maximum atomic E-state index is 13.3. The fraction of sp³-hybridized carbons (Fsp3) is 0.308. The first kappa shape index (κ1) is 22.6. The predicted molar refractivity (Wildman–Crippen MR) is 128 cm³/mol. The Morgan fingerprint density at radius 1 is 0.879 bits per heavy atom. The Labute approximate surface area is 194 Å². The lowest BCUT2D eigenvalue weighted by Crippen LogP contribution is -2.47. The van der Waals surface area contributed by atoms with Crippen LogP contribution in [0.5, 0.6) is 0 Å². The van der Waals surface area contributed by atoms with E-state index in [0.717, 1.165) is 35.3 Å². The molecular formula is C26H29N5O2. The number of carbonyl (C=O) groups is 2. The minimum atomic E-state index is -0.239. The minimum Gasteiger partial charge on any atom is -0.348 e. The molecule has 4 rings (SSSR count). The van der Waals surface area contributed by atoms with Gasteiger partial charge in [-0.3, -0.25) is 9.59 Å². The van der Waals surface area contributed by atoms with E-state index in [1.807, 2.05) is 55.1 Å². The normalized spacial score (nSPS) is 14.2. The molecule has 0 bridgehead atoms. The third kappa shape index (κ3) is 5.62. The highest BCUT2D eigenvalue weighted by Gasteiger charge is 2.22. The molecule has 1 aromatic heterocycles. The van der Waals surface area contributed by atoms with Crippen LogP contribution in [0.1, 0.15) is 37.7 Å². The Bertz CT molecular complexity index is 1130. The standard InChI is InChI=1S/C26H29N5O2/c1-18-4-6-21(7-5-18)22-12-23(25(32)29-17-20-15-27-19(2)28-16-20)14-24(13-22)26(33)31-10-8-30(3)9-11-31/h4-7,12-16H,8-11,17H2,1-3H3,(H,29,32). The Hall–Kier alpha value is -3.58. The first-order valence-electron chi connectivity index (χ1n) is 11.1. The number of aromatic nitrogens is 2. The van der Waals surface area contributed by atoms with E-state index in [0.29, 0.717) is 36.6 Å². The number of benzene rings is 2. The van der Waals surface area contributed by atoms with Crippen LogP contribution in [0.4, 0.5) is 0 Å². The number of likely N-dealkylation sites (N-methyl/N-ethyl adjacent to an activating group) is 1. The summed E-state index contributed by atoms with van der Waals surface area (Å²) >= 11 is 0. The highest BCUT2D eigenvalue weighted by atomic mass is 16.2. The van der Waals surface area contributed by atoms with Gasteiger partial charge in [-0.1, -0.05) is 29.8 Å². The third-order valence-corrected chi connectivity index (χ3v) is 5.91. The topological polar surface area (TPSA) is 78.4 Å². The molecule has 33 heavy (non-hydrogen) atoms. The summed E-state index contributed by atoms with van der Waals surface area (Å²) in [7, 11) is 2.06. The average Bonchev–Trinajstić information content (AvgIpc) is 2.83. The van der Waals surface area contributed by atoms with Gasteiger partial charge in [0.2, 0.25) is 0 Å². The van der Waals surface area contributed by atoms with Crippen LogP contribution < -0.4 is 5.32 Å². The van der Waals surface area contributed by atoms with Crippen LogP contribution in [0.2, 0.25) is 0 Å². The Morgan fingerprint density at radius 2 is 1.52 bits per heavy atom. The van der Waals surface area contributed by atoms with Gasteiger partial charge in [-0.15, -0.1) is 0 Å². The van der Waals surface area contributed by atoms with Gasteiger partial charge < -0.3 is 15.1 Å². The number of aryl methyl sites for hydroxylation is 2. The summed E-state index contributed by atoms with van der Waals surface area (Å²) in [5.74, 6) is 0.401. The largest absolute Gasteiger partial charge is 0.348 e. The lowest BCUT2D eigenvalue weighted by atomic mass is 9.98. The summed E-state index contributed by atoms with van der Waals surface area (Å²) in [5, 5.41) is 2.92. The number of nitrogens with one attached hydrogen (secondary N) is 1. The molecule has 1 aliphatic heterocycles. The number of piperazine rings is 1. The Balaban J connectivity index is 1.61. The van der Waals surface area contributed by atoms with Crippen LogP contribution in [0.25, 0.3) is 11.1 Å². The van der Waals surface area contributed by atoms with Crippen molar-refractivity contribution in [2.24, 2.45) is 0 Å². The molecular weight excluding hydrogens is 414 g/mol. The van der Waals surface area contributed by atoms with Crippen molar-refractivity contribution in [3.05, 3.63) is 82.9 Å². The zero-order valence-electron chi connectivity index (χ0n) is 19.3. The molecule has 7 heteroatoms.